The number of carbonyl (C=O) groups is 1. The number of imidazole rings is 1. The third-order valence-electron chi connectivity index (χ3n) is 6.87. The molecule has 0 aliphatic carbocycles. The second kappa shape index (κ2) is 10.6. The Kier molecular flexibility index (Phi) is 7.86. The first kappa shape index (κ1) is 27.4. The number of hydrogen-bond acceptors (Lipinski definition) is 9. The Morgan fingerprint density at radius 1 is 1.22 bits per heavy atom. The Morgan fingerprint density at radius 2 is 1.92 bits per heavy atom. The number of hydrogen-bond donors (Lipinski definition) is 3. The number of fused-ring (bicyclic) bond motifs is 1. The average molecular weight is 548 g/mol. The van der Waals surface area contributed by atoms with Gasteiger partial charge in [0.15, 0.2) is 37.6 Å². The summed E-state index contributed by atoms with van der Waals surface area (Å²) in [5.41, 5.74) is 7.16. The molecule has 3 heterocycles. The van der Waals surface area contributed by atoms with Gasteiger partial charge in [0.2, 0.25) is 0 Å². The Bertz CT molecular complexity index is 1280. The minimum absolute atomic E-state index is 0.0434. The lowest BCUT2D eigenvalue weighted by molar-refractivity contribution is -0.0286. The van der Waals surface area contributed by atoms with Gasteiger partial charge in [0.1, 0.15) is 18.5 Å². The van der Waals surface area contributed by atoms with Crippen LogP contribution >= 0.6 is 8.25 Å². The lowest BCUT2D eigenvalue weighted by Crippen LogP contribution is -2.49. The van der Waals surface area contributed by atoms with E-state index in [-0.39, 0.29) is 23.3 Å². The summed E-state index contributed by atoms with van der Waals surface area (Å²) in [6.45, 7) is 10.5. The molecule has 4 N–H and O–H groups in total. The molecule has 1 aromatic carbocycles. The fourth-order valence-electron chi connectivity index (χ4n) is 3.89. The van der Waals surface area contributed by atoms with Crippen molar-refractivity contribution in [1.82, 2.24) is 19.5 Å². The summed E-state index contributed by atoms with van der Waals surface area (Å²) in [6, 6.07) is 8.75. The van der Waals surface area contributed by atoms with Crippen molar-refractivity contribution in [3.8, 4) is 0 Å². The SMILES string of the molecule is CC(C)(C)[Si](C)(C)O[C@H]1C(O[P+](=O)O)[C@@H](CN)O[C@H]1n1cnc2c(NC(=O)c3ccccc3)ncnc21. The van der Waals surface area contributed by atoms with Crippen LogP contribution in [0.1, 0.15) is 37.4 Å². The molecule has 1 saturated heterocycles. The molecule has 3 aromatic rings. The van der Waals surface area contributed by atoms with Gasteiger partial charge in [-0.2, -0.15) is 0 Å². The maximum absolute atomic E-state index is 12.7. The number of rotatable bonds is 8. The topological polar surface area (TPSA) is 164 Å². The van der Waals surface area contributed by atoms with Crippen LogP contribution in [0.15, 0.2) is 43.0 Å². The van der Waals surface area contributed by atoms with Crippen molar-refractivity contribution in [2.24, 2.45) is 5.73 Å². The van der Waals surface area contributed by atoms with E-state index in [9.17, 15) is 14.3 Å². The molecule has 0 spiro atoms. The summed E-state index contributed by atoms with van der Waals surface area (Å²) in [5, 5.41) is 2.63. The average Bonchev–Trinajstić information content (AvgIpc) is 3.40. The highest BCUT2D eigenvalue weighted by Crippen LogP contribution is 2.44. The molecule has 1 fully saturated rings. The molecule has 12 nitrogen and oxygen atoms in total. The first-order valence-corrected chi connectivity index (χ1v) is 15.9. The van der Waals surface area contributed by atoms with E-state index in [1.807, 2.05) is 6.07 Å². The molecule has 1 aliphatic heterocycles. The quantitative estimate of drug-likeness (QED) is 0.281. The molecule has 2 aromatic heterocycles. The molecule has 1 amide bonds. The Hall–Kier alpha value is -2.64. The van der Waals surface area contributed by atoms with Crippen LogP contribution in [0.3, 0.4) is 0 Å². The fourth-order valence-corrected chi connectivity index (χ4v) is 5.64. The molecule has 1 aliphatic rings. The normalized spacial score (nSPS) is 22.8. The van der Waals surface area contributed by atoms with Crippen LogP contribution in [0.2, 0.25) is 18.1 Å². The van der Waals surface area contributed by atoms with Crippen molar-refractivity contribution < 1.29 is 27.9 Å². The van der Waals surface area contributed by atoms with Gasteiger partial charge in [-0.05, 0) is 30.3 Å². The van der Waals surface area contributed by atoms with Crippen LogP contribution in [0.4, 0.5) is 5.82 Å². The number of anilines is 1. The predicted molar refractivity (Wildman–Crippen MR) is 139 cm³/mol. The van der Waals surface area contributed by atoms with Gasteiger partial charge in [-0.1, -0.05) is 39.0 Å². The number of nitrogens with one attached hydrogen (secondary N) is 1. The van der Waals surface area contributed by atoms with E-state index in [0.717, 1.165) is 0 Å². The van der Waals surface area contributed by atoms with Crippen LogP contribution in [0, 0.1) is 0 Å². The summed E-state index contributed by atoms with van der Waals surface area (Å²) < 4.78 is 31.6. The number of nitrogens with two attached hydrogens (primary N) is 1. The van der Waals surface area contributed by atoms with Gasteiger partial charge >= 0.3 is 8.25 Å². The third-order valence-corrected chi connectivity index (χ3v) is 11.8. The van der Waals surface area contributed by atoms with Crippen molar-refractivity contribution in [3.63, 3.8) is 0 Å². The number of amides is 1. The van der Waals surface area contributed by atoms with E-state index >= 15 is 0 Å². The molecule has 198 valence electrons. The van der Waals surface area contributed by atoms with Crippen molar-refractivity contribution in [2.75, 3.05) is 11.9 Å². The molecule has 37 heavy (non-hydrogen) atoms. The molecule has 0 radical (unpaired) electrons. The van der Waals surface area contributed by atoms with Gasteiger partial charge in [0, 0.05) is 16.7 Å². The zero-order valence-electron chi connectivity index (χ0n) is 21.4. The van der Waals surface area contributed by atoms with Crippen LogP contribution in [0.5, 0.6) is 0 Å². The second-order valence-corrected chi connectivity index (χ2v) is 15.8. The Balaban J connectivity index is 1.72. The van der Waals surface area contributed by atoms with Gasteiger partial charge in [0.05, 0.1) is 6.33 Å². The Morgan fingerprint density at radius 3 is 2.54 bits per heavy atom. The van der Waals surface area contributed by atoms with Gasteiger partial charge in [-0.25, -0.2) is 15.0 Å². The van der Waals surface area contributed by atoms with E-state index in [1.54, 1.807) is 28.8 Å². The molecule has 14 heteroatoms. The first-order valence-electron chi connectivity index (χ1n) is 11.8. The van der Waals surface area contributed by atoms with Crippen LogP contribution in [-0.2, 0) is 18.3 Å². The molecule has 4 rings (SSSR count). The lowest BCUT2D eigenvalue weighted by Gasteiger charge is -2.40. The summed E-state index contributed by atoms with van der Waals surface area (Å²) in [4.78, 5) is 35.3. The zero-order valence-corrected chi connectivity index (χ0v) is 23.3. The van der Waals surface area contributed by atoms with Gasteiger partial charge < -0.3 is 20.2 Å². The highest BCUT2D eigenvalue weighted by Gasteiger charge is 2.54. The lowest BCUT2D eigenvalue weighted by atomic mass is 10.1. The van der Waals surface area contributed by atoms with Crippen LogP contribution < -0.4 is 11.1 Å². The van der Waals surface area contributed by atoms with Gasteiger partial charge in [-0.3, -0.25) is 9.36 Å². The highest BCUT2D eigenvalue weighted by molar-refractivity contribution is 7.32. The highest BCUT2D eigenvalue weighted by atomic mass is 31.1. The standard InChI is InChI=1S/C23H31N6O6PSi/c1-23(2,3)37(4,5)35-18-17(34-36(31)32)15(11-24)33-22(18)29-13-27-16-19(25-12-26-20(16)29)28-21(30)14-9-7-6-8-10-14/h6-10,12-13,15,17-18,22H,11,24H2,1-5H3,(H-,25,26,28,30,31,32)/p+1/t15-,17?,18+,22-/m1/s1. The van der Waals surface area contributed by atoms with Gasteiger partial charge in [-0.15, -0.1) is 9.42 Å². The minimum Gasteiger partial charge on any atom is -0.406 e. The zero-order chi connectivity index (χ0) is 27.0. The third kappa shape index (κ3) is 5.63. The van der Waals surface area contributed by atoms with E-state index in [1.165, 1.54) is 12.7 Å². The van der Waals surface area contributed by atoms with Crippen LogP contribution in [-0.4, -0.2) is 63.5 Å². The predicted octanol–water partition coefficient (Wildman–Crippen LogP) is 3.36. The Labute approximate surface area is 216 Å². The number of nitrogens with zero attached hydrogens (tertiary/aromatic N) is 4. The summed E-state index contributed by atoms with van der Waals surface area (Å²) in [7, 11) is -5.33. The summed E-state index contributed by atoms with van der Waals surface area (Å²) in [6.07, 6.45) is -0.343. The van der Waals surface area contributed by atoms with Gasteiger partial charge in [0.25, 0.3) is 5.91 Å². The maximum Gasteiger partial charge on any atom is 0.695 e. The number of carbonyl (C=O) groups excluding carboxylic acids is 1. The smallest absolute Gasteiger partial charge is 0.406 e. The van der Waals surface area contributed by atoms with E-state index in [2.05, 4.69) is 54.1 Å². The van der Waals surface area contributed by atoms with E-state index in [0.29, 0.717) is 16.7 Å². The molecule has 0 bridgehead atoms. The van der Waals surface area contributed by atoms with Crippen molar-refractivity contribution in [3.05, 3.63) is 48.5 Å². The monoisotopic (exact) mass is 547 g/mol. The number of ether oxygens (including phenoxy) is 1. The molecular weight excluding hydrogens is 515 g/mol. The minimum atomic E-state index is -2.94. The van der Waals surface area contributed by atoms with Crippen molar-refractivity contribution >= 4 is 39.5 Å². The second-order valence-electron chi connectivity index (χ2n) is 10.3. The first-order chi connectivity index (χ1) is 17.4. The molecular formula is C23H32N6O6PSi+. The largest absolute Gasteiger partial charge is 0.695 e. The maximum atomic E-state index is 12.7. The van der Waals surface area contributed by atoms with E-state index < -0.39 is 41.1 Å². The molecule has 5 atom stereocenters. The molecule has 0 saturated carbocycles. The van der Waals surface area contributed by atoms with Crippen molar-refractivity contribution in [1.29, 1.82) is 0 Å². The number of benzene rings is 1. The van der Waals surface area contributed by atoms with Crippen molar-refractivity contribution in [2.45, 2.75) is 63.4 Å². The van der Waals surface area contributed by atoms with Crippen LogP contribution in [0.25, 0.3) is 11.2 Å². The van der Waals surface area contributed by atoms with E-state index in [4.69, 9.17) is 19.4 Å². The summed E-state index contributed by atoms with van der Waals surface area (Å²) >= 11 is 0. The summed E-state index contributed by atoms with van der Waals surface area (Å²) in [5.74, 6) is -0.103. The fraction of sp³-hybridized carbons (Fsp3) is 0.478. The number of aromatic nitrogens is 4. The molecule has 2 unspecified atom stereocenters.